The molecule has 0 amide bonds. The van der Waals surface area contributed by atoms with Crippen molar-refractivity contribution in [1.29, 1.82) is 0 Å². The lowest BCUT2D eigenvalue weighted by Crippen LogP contribution is -2.62. The Hall–Kier alpha value is -4.46. The van der Waals surface area contributed by atoms with Crippen LogP contribution in [-0.2, 0) is 55.0 Å². The summed E-state index contributed by atoms with van der Waals surface area (Å²) < 4.78 is 27.4. The van der Waals surface area contributed by atoms with E-state index in [0.717, 1.165) is 27.8 Å². The number of allylic oxidation sites excluding steroid dienone is 3. The summed E-state index contributed by atoms with van der Waals surface area (Å²) in [6.07, 6.45) is 3.14. The molecule has 6 heteroatoms. The van der Waals surface area contributed by atoms with Crippen LogP contribution in [0.2, 0.25) is 0 Å². The molecule has 0 N–H and O–H groups in total. The lowest BCUT2D eigenvalue weighted by molar-refractivity contribution is -0.218. The number of carbonyl (C=O) groups excluding carboxylic acids is 2. The van der Waals surface area contributed by atoms with Gasteiger partial charge in [0.15, 0.2) is 11.6 Å². The average Bonchev–Trinajstić information content (AvgIpc) is 3.14. The molecular weight excluding hydrogens is 600 g/mol. The molecule has 0 heterocycles. The van der Waals surface area contributed by atoms with Crippen LogP contribution in [0.4, 0.5) is 0 Å². The second-order valence-corrected chi connectivity index (χ2v) is 12.7. The van der Waals surface area contributed by atoms with Crippen molar-refractivity contribution < 1.29 is 28.5 Å². The van der Waals surface area contributed by atoms with Crippen molar-refractivity contribution in [1.82, 2.24) is 0 Å². The van der Waals surface area contributed by atoms with Crippen molar-refractivity contribution in [3.05, 3.63) is 167 Å². The number of hydrogen-bond donors (Lipinski definition) is 0. The molecule has 1 fully saturated rings. The Bertz CT molecular complexity index is 1720. The first-order valence-electron chi connectivity index (χ1n) is 16.7. The summed E-state index contributed by atoms with van der Waals surface area (Å²) in [4.78, 5) is 27.0. The normalized spacial score (nSPS) is 26.4. The van der Waals surface area contributed by atoms with Crippen LogP contribution in [0.1, 0.15) is 28.7 Å². The number of hydrogen-bond acceptors (Lipinski definition) is 6. The van der Waals surface area contributed by atoms with Crippen molar-refractivity contribution in [2.24, 2.45) is 17.8 Å². The minimum Gasteiger partial charge on any atom is -0.370 e. The Morgan fingerprint density at radius 3 is 1.38 bits per heavy atom. The van der Waals surface area contributed by atoms with E-state index in [1.54, 1.807) is 0 Å². The van der Waals surface area contributed by atoms with E-state index in [0.29, 0.717) is 32.8 Å². The largest absolute Gasteiger partial charge is 0.370 e. The van der Waals surface area contributed by atoms with Crippen molar-refractivity contribution in [3.63, 3.8) is 0 Å². The second-order valence-electron chi connectivity index (χ2n) is 12.7. The highest BCUT2D eigenvalue weighted by Gasteiger charge is 2.57. The SMILES string of the molecule is O=C1C=CC(=O)C2C1CC=C1[C@H](OCc3ccccc3)[C@@H](OCc3ccccc3)[C@H](OCc3ccccc3)[C@H](OCc3ccccc3)[C@@H]12. The van der Waals surface area contributed by atoms with Crippen molar-refractivity contribution in [2.45, 2.75) is 57.3 Å². The number of carbonyl (C=O) groups is 2. The summed E-state index contributed by atoms with van der Waals surface area (Å²) in [6, 6.07) is 40.1. The first kappa shape index (κ1) is 32.1. The van der Waals surface area contributed by atoms with Crippen LogP contribution in [0.25, 0.3) is 0 Å². The maximum atomic E-state index is 13.8. The predicted octanol–water partition coefficient (Wildman–Crippen LogP) is 7.23. The number of ketones is 2. The number of ether oxygens (including phenoxy) is 4. The van der Waals surface area contributed by atoms with Crippen LogP contribution in [0.5, 0.6) is 0 Å². The van der Waals surface area contributed by atoms with Gasteiger partial charge in [0.2, 0.25) is 0 Å². The molecule has 4 aromatic rings. The number of rotatable bonds is 12. The summed E-state index contributed by atoms with van der Waals surface area (Å²) in [5, 5.41) is 0. The average molecular weight is 641 g/mol. The molecule has 0 aliphatic heterocycles. The Morgan fingerprint density at radius 1 is 0.458 bits per heavy atom. The highest BCUT2D eigenvalue weighted by molar-refractivity contribution is 6.07. The van der Waals surface area contributed by atoms with Gasteiger partial charge in [-0.2, -0.15) is 0 Å². The van der Waals surface area contributed by atoms with Crippen LogP contribution >= 0.6 is 0 Å². The molecule has 4 aromatic carbocycles. The molecule has 3 aliphatic carbocycles. The monoisotopic (exact) mass is 640 g/mol. The van der Waals surface area contributed by atoms with E-state index < -0.39 is 42.2 Å². The number of fused-ring (bicyclic) bond motifs is 3. The summed E-state index contributed by atoms with van der Waals surface area (Å²) in [5.41, 5.74) is 5.02. The summed E-state index contributed by atoms with van der Waals surface area (Å²) >= 11 is 0. The standard InChI is InChI=1S/C42H40O6/c43-35-23-24-36(44)37-33(35)21-22-34-38(37)40(46-26-30-15-7-2-8-16-30)42(48-28-32-19-11-4-12-20-32)41(47-27-31-17-9-3-10-18-31)39(34)45-25-29-13-5-1-6-14-29/h1-20,22-24,33,37-42H,21,25-28H2/t33?,37?,38-,39-,40+,41+,42+/m0/s1. The smallest absolute Gasteiger partial charge is 0.160 e. The zero-order valence-corrected chi connectivity index (χ0v) is 26.8. The van der Waals surface area contributed by atoms with Gasteiger partial charge in [-0.25, -0.2) is 0 Å². The van der Waals surface area contributed by atoms with Crippen LogP contribution in [-0.4, -0.2) is 36.0 Å². The van der Waals surface area contributed by atoms with Crippen molar-refractivity contribution in [3.8, 4) is 0 Å². The minimum absolute atomic E-state index is 0.0253. The lowest BCUT2D eigenvalue weighted by atomic mass is 9.59. The van der Waals surface area contributed by atoms with Crippen molar-refractivity contribution >= 4 is 11.6 Å². The first-order valence-corrected chi connectivity index (χ1v) is 16.7. The van der Waals surface area contributed by atoms with E-state index in [-0.39, 0.29) is 11.6 Å². The van der Waals surface area contributed by atoms with Crippen molar-refractivity contribution in [2.75, 3.05) is 0 Å². The fourth-order valence-electron chi connectivity index (χ4n) is 7.35. The molecule has 0 saturated heterocycles. The molecule has 3 aliphatic rings. The molecule has 7 rings (SSSR count). The topological polar surface area (TPSA) is 71.1 Å². The lowest BCUT2D eigenvalue weighted by Gasteiger charge is -2.52. The second kappa shape index (κ2) is 15.2. The molecule has 0 aromatic heterocycles. The summed E-state index contributed by atoms with van der Waals surface area (Å²) in [7, 11) is 0. The van der Waals surface area contributed by atoms with E-state index in [4.69, 9.17) is 18.9 Å². The zero-order valence-electron chi connectivity index (χ0n) is 26.8. The zero-order chi connectivity index (χ0) is 32.7. The molecule has 0 spiro atoms. The molecule has 7 atom stereocenters. The van der Waals surface area contributed by atoms with Crippen LogP contribution < -0.4 is 0 Å². The van der Waals surface area contributed by atoms with Crippen LogP contribution in [0, 0.1) is 17.8 Å². The van der Waals surface area contributed by atoms with Gasteiger partial charge in [-0.05, 0) is 46.4 Å². The third-order valence-corrected chi connectivity index (χ3v) is 9.68. The molecule has 0 bridgehead atoms. The maximum absolute atomic E-state index is 13.8. The Balaban J connectivity index is 1.31. The molecule has 0 radical (unpaired) electrons. The number of benzene rings is 4. The Kier molecular flexibility index (Phi) is 10.2. The van der Waals surface area contributed by atoms with Gasteiger partial charge in [-0.1, -0.05) is 127 Å². The van der Waals surface area contributed by atoms with Gasteiger partial charge >= 0.3 is 0 Å². The van der Waals surface area contributed by atoms with Gasteiger partial charge in [-0.3, -0.25) is 9.59 Å². The maximum Gasteiger partial charge on any atom is 0.160 e. The quantitative estimate of drug-likeness (QED) is 0.152. The highest BCUT2D eigenvalue weighted by Crippen LogP contribution is 2.49. The van der Waals surface area contributed by atoms with Gasteiger partial charge in [0.05, 0.1) is 32.5 Å². The summed E-state index contributed by atoms with van der Waals surface area (Å²) in [6.45, 7) is 1.33. The van der Waals surface area contributed by atoms with Crippen LogP contribution in [0.3, 0.4) is 0 Å². The fourth-order valence-corrected chi connectivity index (χ4v) is 7.35. The first-order chi connectivity index (χ1) is 23.7. The summed E-state index contributed by atoms with van der Waals surface area (Å²) in [5.74, 6) is -1.56. The van der Waals surface area contributed by atoms with Gasteiger partial charge in [0.25, 0.3) is 0 Å². The molecule has 48 heavy (non-hydrogen) atoms. The third kappa shape index (κ3) is 7.18. The van der Waals surface area contributed by atoms with Gasteiger partial charge < -0.3 is 18.9 Å². The van der Waals surface area contributed by atoms with Gasteiger partial charge in [0, 0.05) is 17.8 Å². The molecule has 2 unspecified atom stereocenters. The molecule has 244 valence electrons. The Labute approximate surface area is 282 Å². The third-order valence-electron chi connectivity index (χ3n) is 9.68. The van der Waals surface area contributed by atoms with E-state index in [1.807, 2.05) is 121 Å². The van der Waals surface area contributed by atoms with Gasteiger partial charge in [-0.15, -0.1) is 0 Å². The van der Waals surface area contributed by atoms with E-state index in [2.05, 4.69) is 6.08 Å². The fraction of sp³-hybridized carbons (Fsp3) is 0.286. The van der Waals surface area contributed by atoms with E-state index in [1.165, 1.54) is 12.2 Å². The van der Waals surface area contributed by atoms with Gasteiger partial charge in [0.1, 0.15) is 18.3 Å². The molecular formula is C42H40O6. The van der Waals surface area contributed by atoms with E-state index in [9.17, 15) is 9.59 Å². The Morgan fingerprint density at radius 2 is 0.875 bits per heavy atom. The molecule has 6 nitrogen and oxygen atoms in total. The highest BCUT2D eigenvalue weighted by atomic mass is 16.6. The molecule has 1 saturated carbocycles. The predicted molar refractivity (Wildman–Crippen MR) is 182 cm³/mol. The minimum atomic E-state index is -0.617. The van der Waals surface area contributed by atoms with Crippen LogP contribution in [0.15, 0.2) is 145 Å². The van der Waals surface area contributed by atoms with E-state index >= 15 is 0 Å².